The zero-order valence-corrected chi connectivity index (χ0v) is 9.03. The molecule has 1 fully saturated rings. The number of nitrogens with two attached hydrogens (primary N) is 1. The minimum absolute atomic E-state index is 0.110. The molecule has 0 atom stereocenters. The molecule has 1 aliphatic carbocycles. The van der Waals surface area contributed by atoms with E-state index in [2.05, 4.69) is 18.8 Å². The highest BCUT2D eigenvalue weighted by molar-refractivity contribution is 7.09. The van der Waals surface area contributed by atoms with E-state index in [0.29, 0.717) is 6.54 Å². The van der Waals surface area contributed by atoms with Crippen molar-refractivity contribution >= 4 is 11.3 Å². The van der Waals surface area contributed by atoms with Crippen LogP contribution in [-0.2, 0) is 5.41 Å². The Morgan fingerprint density at radius 1 is 1.62 bits per heavy atom. The number of aromatic nitrogens is 1. The summed E-state index contributed by atoms with van der Waals surface area (Å²) < 4.78 is 0. The second kappa shape index (κ2) is 3.07. The predicted octanol–water partition coefficient (Wildman–Crippen LogP) is 2.26. The van der Waals surface area contributed by atoms with Crippen molar-refractivity contribution in [1.82, 2.24) is 4.98 Å². The van der Waals surface area contributed by atoms with Crippen LogP contribution in [0.5, 0.6) is 0 Å². The average Bonchev–Trinajstić information content (AvgIpc) is 2.83. The van der Waals surface area contributed by atoms with Gasteiger partial charge in [0.1, 0.15) is 0 Å². The van der Waals surface area contributed by atoms with Crippen LogP contribution in [0.25, 0.3) is 0 Å². The Kier molecular flexibility index (Phi) is 2.16. The van der Waals surface area contributed by atoms with Crippen molar-refractivity contribution in [3.05, 3.63) is 16.1 Å². The van der Waals surface area contributed by atoms with Crippen molar-refractivity contribution in [2.75, 3.05) is 6.54 Å². The Morgan fingerprint density at radius 2 is 2.31 bits per heavy atom. The van der Waals surface area contributed by atoms with E-state index in [1.54, 1.807) is 11.3 Å². The molecule has 1 heterocycles. The zero-order valence-electron chi connectivity index (χ0n) is 8.21. The van der Waals surface area contributed by atoms with Crippen LogP contribution >= 0.6 is 11.3 Å². The summed E-state index contributed by atoms with van der Waals surface area (Å²) in [5.41, 5.74) is 9.15. The predicted molar refractivity (Wildman–Crippen MR) is 56.2 cm³/mol. The maximum absolute atomic E-state index is 5.77. The third-order valence-corrected chi connectivity index (χ3v) is 3.89. The van der Waals surface area contributed by atoms with Crippen molar-refractivity contribution < 1.29 is 0 Å². The van der Waals surface area contributed by atoms with E-state index in [4.69, 9.17) is 5.73 Å². The van der Waals surface area contributed by atoms with Gasteiger partial charge in [-0.05, 0) is 12.8 Å². The lowest BCUT2D eigenvalue weighted by molar-refractivity contribution is 0.543. The molecule has 0 aromatic carbocycles. The largest absolute Gasteiger partial charge is 0.330 e. The SMILES string of the molecule is CC(C)(CN)c1scnc1C1CC1. The first-order valence-electron chi connectivity index (χ1n) is 4.79. The fourth-order valence-electron chi connectivity index (χ4n) is 1.50. The first-order chi connectivity index (χ1) is 6.15. The van der Waals surface area contributed by atoms with Crippen LogP contribution in [0.15, 0.2) is 5.51 Å². The third kappa shape index (κ3) is 1.63. The summed E-state index contributed by atoms with van der Waals surface area (Å²) in [6.45, 7) is 5.10. The highest BCUT2D eigenvalue weighted by Gasteiger charge is 2.33. The van der Waals surface area contributed by atoms with Gasteiger partial charge in [-0.25, -0.2) is 4.98 Å². The highest BCUT2D eigenvalue weighted by atomic mass is 32.1. The maximum atomic E-state index is 5.77. The molecule has 3 heteroatoms. The third-order valence-electron chi connectivity index (χ3n) is 2.68. The summed E-state index contributed by atoms with van der Waals surface area (Å²) in [6, 6.07) is 0. The Labute approximate surface area is 83.2 Å². The molecule has 0 amide bonds. The molecule has 2 rings (SSSR count). The van der Waals surface area contributed by atoms with Crippen LogP contribution in [0, 0.1) is 0 Å². The van der Waals surface area contributed by atoms with Crippen LogP contribution in [0.4, 0.5) is 0 Å². The van der Waals surface area contributed by atoms with Crippen LogP contribution < -0.4 is 5.73 Å². The van der Waals surface area contributed by atoms with Gasteiger partial charge in [-0.2, -0.15) is 0 Å². The summed E-state index contributed by atoms with van der Waals surface area (Å²) in [5.74, 6) is 0.743. The van der Waals surface area contributed by atoms with Gasteiger partial charge in [0.15, 0.2) is 0 Å². The molecule has 1 aromatic heterocycles. The van der Waals surface area contributed by atoms with Gasteiger partial charge in [0.25, 0.3) is 0 Å². The number of hydrogen-bond acceptors (Lipinski definition) is 3. The van der Waals surface area contributed by atoms with E-state index in [1.807, 2.05) is 5.51 Å². The van der Waals surface area contributed by atoms with Gasteiger partial charge in [0.05, 0.1) is 11.2 Å². The van der Waals surface area contributed by atoms with Gasteiger partial charge in [-0.1, -0.05) is 13.8 Å². The quantitative estimate of drug-likeness (QED) is 0.805. The molecule has 13 heavy (non-hydrogen) atoms. The van der Waals surface area contributed by atoms with Gasteiger partial charge in [-0.15, -0.1) is 11.3 Å². The first kappa shape index (κ1) is 9.16. The van der Waals surface area contributed by atoms with Gasteiger partial charge in [-0.3, -0.25) is 0 Å². The molecular weight excluding hydrogens is 180 g/mol. The van der Waals surface area contributed by atoms with Gasteiger partial charge < -0.3 is 5.73 Å². The summed E-state index contributed by atoms with van der Waals surface area (Å²) in [5, 5.41) is 0. The van der Waals surface area contributed by atoms with E-state index in [-0.39, 0.29) is 5.41 Å². The van der Waals surface area contributed by atoms with Crippen molar-refractivity contribution in [3.8, 4) is 0 Å². The van der Waals surface area contributed by atoms with E-state index in [0.717, 1.165) is 5.92 Å². The van der Waals surface area contributed by atoms with Gasteiger partial charge >= 0.3 is 0 Å². The number of nitrogens with zero attached hydrogens (tertiary/aromatic N) is 1. The average molecular weight is 196 g/mol. The molecular formula is C10H16N2S. The topological polar surface area (TPSA) is 38.9 Å². The van der Waals surface area contributed by atoms with Crippen molar-refractivity contribution in [1.29, 1.82) is 0 Å². The van der Waals surface area contributed by atoms with E-state index >= 15 is 0 Å². The van der Waals surface area contributed by atoms with E-state index in [9.17, 15) is 0 Å². The molecule has 2 nitrogen and oxygen atoms in total. The normalized spacial score (nSPS) is 17.8. The van der Waals surface area contributed by atoms with Crippen molar-refractivity contribution in [3.63, 3.8) is 0 Å². The molecule has 0 bridgehead atoms. The Balaban J connectivity index is 2.33. The fourth-order valence-corrected chi connectivity index (χ4v) is 2.52. The lowest BCUT2D eigenvalue weighted by atomic mass is 9.89. The minimum Gasteiger partial charge on any atom is -0.330 e. The fraction of sp³-hybridized carbons (Fsp3) is 0.700. The molecule has 2 N–H and O–H groups in total. The van der Waals surface area contributed by atoms with Gasteiger partial charge in [0, 0.05) is 22.8 Å². The second-order valence-electron chi connectivity index (χ2n) is 4.43. The van der Waals surface area contributed by atoms with Crippen LogP contribution in [0.1, 0.15) is 43.2 Å². The zero-order chi connectivity index (χ0) is 9.47. The lowest BCUT2D eigenvalue weighted by Crippen LogP contribution is -2.28. The molecule has 1 saturated carbocycles. The Hall–Kier alpha value is -0.410. The summed E-state index contributed by atoms with van der Waals surface area (Å²) in [7, 11) is 0. The Morgan fingerprint density at radius 3 is 2.85 bits per heavy atom. The van der Waals surface area contributed by atoms with Crippen molar-refractivity contribution in [2.24, 2.45) is 5.73 Å². The minimum atomic E-state index is 0.110. The molecule has 72 valence electrons. The summed E-state index contributed by atoms with van der Waals surface area (Å²) in [4.78, 5) is 5.86. The summed E-state index contributed by atoms with van der Waals surface area (Å²) >= 11 is 1.76. The molecule has 0 spiro atoms. The monoisotopic (exact) mass is 196 g/mol. The number of hydrogen-bond donors (Lipinski definition) is 1. The van der Waals surface area contributed by atoms with Gasteiger partial charge in [0.2, 0.25) is 0 Å². The van der Waals surface area contributed by atoms with E-state index in [1.165, 1.54) is 23.4 Å². The van der Waals surface area contributed by atoms with E-state index < -0.39 is 0 Å². The highest BCUT2D eigenvalue weighted by Crippen LogP contribution is 2.44. The molecule has 1 aromatic rings. The Bertz CT molecular complexity index is 300. The molecule has 1 aliphatic rings. The van der Waals surface area contributed by atoms with Crippen molar-refractivity contribution in [2.45, 2.75) is 38.0 Å². The second-order valence-corrected chi connectivity index (χ2v) is 5.28. The standard InChI is InChI=1S/C10H16N2S/c1-10(2,5-11)9-8(7-3-4-7)12-6-13-9/h6-7H,3-5,11H2,1-2H3. The maximum Gasteiger partial charge on any atom is 0.0798 e. The molecule has 0 unspecified atom stereocenters. The number of rotatable bonds is 3. The smallest absolute Gasteiger partial charge is 0.0798 e. The lowest BCUT2D eigenvalue weighted by Gasteiger charge is -2.21. The van der Waals surface area contributed by atoms with Crippen LogP contribution in [-0.4, -0.2) is 11.5 Å². The molecule has 0 aliphatic heterocycles. The molecule has 0 saturated heterocycles. The summed E-state index contributed by atoms with van der Waals surface area (Å²) in [6.07, 6.45) is 2.63. The first-order valence-corrected chi connectivity index (χ1v) is 5.67. The van der Waals surface area contributed by atoms with Crippen LogP contribution in [0.2, 0.25) is 0 Å². The van der Waals surface area contributed by atoms with Crippen LogP contribution in [0.3, 0.4) is 0 Å². The molecule has 0 radical (unpaired) electrons. The number of thiazole rings is 1.